The quantitative estimate of drug-likeness (QED) is 0.879. The second-order valence-corrected chi connectivity index (χ2v) is 4.90. The first-order valence-electron chi connectivity index (χ1n) is 6.76. The van der Waals surface area contributed by atoms with Crippen LogP contribution in [0.15, 0.2) is 48.5 Å². The van der Waals surface area contributed by atoms with Crippen LogP contribution in [0.1, 0.15) is 37.1 Å². The van der Waals surface area contributed by atoms with Crippen molar-refractivity contribution >= 4 is 0 Å². The van der Waals surface area contributed by atoms with E-state index in [-0.39, 0.29) is 17.9 Å². The molecule has 20 heavy (non-hydrogen) atoms. The zero-order valence-electron chi connectivity index (χ0n) is 12.1. The highest BCUT2D eigenvalue weighted by molar-refractivity contribution is 5.29. The van der Waals surface area contributed by atoms with Crippen LogP contribution in [0, 0.1) is 5.82 Å². The fourth-order valence-electron chi connectivity index (χ4n) is 2.28. The SMILES string of the molecule is COc1ccc(C(C)NC(C)c2ccccc2F)cc1. The molecule has 0 aliphatic carbocycles. The lowest BCUT2D eigenvalue weighted by Gasteiger charge is -2.21. The highest BCUT2D eigenvalue weighted by Gasteiger charge is 2.13. The van der Waals surface area contributed by atoms with E-state index in [1.54, 1.807) is 13.2 Å². The molecule has 0 aliphatic heterocycles. The summed E-state index contributed by atoms with van der Waals surface area (Å²) in [6, 6.07) is 14.9. The molecular formula is C17H20FNO. The van der Waals surface area contributed by atoms with Crippen LogP contribution in [0.3, 0.4) is 0 Å². The first kappa shape index (κ1) is 14.5. The van der Waals surface area contributed by atoms with Gasteiger partial charge in [-0.15, -0.1) is 0 Å². The van der Waals surface area contributed by atoms with Crippen molar-refractivity contribution in [2.24, 2.45) is 0 Å². The van der Waals surface area contributed by atoms with Crippen LogP contribution in [-0.2, 0) is 0 Å². The number of rotatable bonds is 5. The monoisotopic (exact) mass is 273 g/mol. The van der Waals surface area contributed by atoms with Crippen molar-refractivity contribution < 1.29 is 9.13 Å². The van der Waals surface area contributed by atoms with E-state index in [1.807, 2.05) is 43.3 Å². The van der Waals surface area contributed by atoms with Crippen molar-refractivity contribution in [3.05, 3.63) is 65.5 Å². The highest BCUT2D eigenvalue weighted by Crippen LogP contribution is 2.22. The fraction of sp³-hybridized carbons (Fsp3) is 0.294. The van der Waals surface area contributed by atoms with Gasteiger partial charge in [-0.1, -0.05) is 30.3 Å². The Morgan fingerprint density at radius 3 is 2.20 bits per heavy atom. The van der Waals surface area contributed by atoms with Crippen molar-refractivity contribution in [3.63, 3.8) is 0 Å². The van der Waals surface area contributed by atoms with Gasteiger partial charge in [-0.3, -0.25) is 0 Å². The Labute approximate surface area is 119 Å². The molecule has 2 unspecified atom stereocenters. The average Bonchev–Trinajstić information content (AvgIpc) is 2.47. The van der Waals surface area contributed by atoms with Gasteiger partial charge >= 0.3 is 0 Å². The van der Waals surface area contributed by atoms with Crippen molar-refractivity contribution in [1.82, 2.24) is 5.32 Å². The summed E-state index contributed by atoms with van der Waals surface area (Å²) >= 11 is 0. The van der Waals surface area contributed by atoms with E-state index in [2.05, 4.69) is 12.2 Å². The Morgan fingerprint density at radius 1 is 0.950 bits per heavy atom. The zero-order valence-corrected chi connectivity index (χ0v) is 12.1. The Hall–Kier alpha value is -1.87. The Balaban J connectivity index is 2.06. The van der Waals surface area contributed by atoms with Crippen LogP contribution in [0.2, 0.25) is 0 Å². The van der Waals surface area contributed by atoms with Gasteiger partial charge in [-0.2, -0.15) is 0 Å². The van der Waals surface area contributed by atoms with E-state index >= 15 is 0 Å². The van der Waals surface area contributed by atoms with E-state index in [4.69, 9.17) is 4.74 Å². The second-order valence-electron chi connectivity index (χ2n) is 4.90. The summed E-state index contributed by atoms with van der Waals surface area (Å²) in [7, 11) is 1.65. The first-order chi connectivity index (χ1) is 9.61. The van der Waals surface area contributed by atoms with Crippen LogP contribution in [0.5, 0.6) is 5.75 Å². The molecule has 0 aliphatic rings. The molecule has 0 aromatic heterocycles. The molecule has 0 bridgehead atoms. The van der Waals surface area contributed by atoms with E-state index in [9.17, 15) is 4.39 Å². The molecule has 2 rings (SSSR count). The van der Waals surface area contributed by atoms with Crippen LogP contribution in [0.25, 0.3) is 0 Å². The van der Waals surface area contributed by atoms with E-state index < -0.39 is 0 Å². The molecular weight excluding hydrogens is 253 g/mol. The second kappa shape index (κ2) is 6.53. The maximum absolute atomic E-state index is 13.7. The fourth-order valence-corrected chi connectivity index (χ4v) is 2.28. The van der Waals surface area contributed by atoms with Gasteiger partial charge in [0, 0.05) is 17.6 Å². The molecule has 0 fully saturated rings. The standard InChI is InChI=1S/C17H20FNO/c1-12(14-8-10-15(20-3)11-9-14)19-13(2)16-6-4-5-7-17(16)18/h4-13,19H,1-3H3. The number of ether oxygens (including phenoxy) is 1. The minimum Gasteiger partial charge on any atom is -0.497 e. The van der Waals surface area contributed by atoms with E-state index in [0.717, 1.165) is 11.3 Å². The lowest BCUT2D eigenvalue weighted by atomic mass is 10.0. The van der Waals surface area contributed by atoms with Crippen molar-refractivity contribution in [1.29, 1.82) is 0 Å². The first-order valence-corrected chi connectivity index (χ1v) is 6.76. The molecule has 2 nitrogen and oxygen atoms in total. The molecule has 2 atom stereocenters. The summed E-state index contributed by atoms with van der Waals surface area (Å²) in [5.41, 5.74) is 1.84. The molecule has 0 heterocycles. The molecule has 0 saturated heterocycles. The van der Waals surface area contributed by atoms with Crippen LogP contribution in [0.4, 0.5) is 4.39 Å². The Kier molecular flexibility index (Phi) is 4.74. The summed E-state index contributed by atoms with van der Waals surface area (Å²) in [5.74, 6) is 0.664. The summed E-state index contributed by atoms with van der Waals surface area (Å²) in [6.45, 7) is 4.04. The van der Waals surface area contributed by atoms with E-state index in [1.165, 1.54) is 6.07 Å². The molecule has 106 valence electrons. The number of nitrogens with one attached hydrogen (secondary N) is 1. The third-order valence-corrected chi connectivity index (χ3v) is 3.49. The third kappa shape index (κ3) is 3.36. The van der Waals surface area contributed by atoms with Gasteiger partial charge in [0.2, 0.25) is 0 Å². The van der Waals surface area contributed by atoms with Crippen molar-refractivity contribution in [2.45, 2.75) is 25.9 Å². The zero-order chi connectivity index (χ0) is 14.5. The summed E-state index contributed by atoms with van der Waals surface area (Å²) < 4.78 is 18.9. The maximum atomic E-state index is 13.7. The summed E-state index contributed by atoms with van der Waals surface area (Å²) in [4.78, 5) is 0. The molecule has 0 radical (unpaired) electrons. The molecule has 2 aromatic rings. The van der Waals surface area contributed by atoms with Gasteiger partial charge in [0.15, 0.2) is 0 Å². The molecule has 3 heteroatoms. The minimum atomic E-state index is -0.172. The predicted octanol–water partition coefficient (Wildman–Crippen LogP) is 4.25. The molecule has 0 spiro atoms. The van der Waals surface area contributed by atoms with Gasteiger partial charge < -0.3 is 10.1 Å². The molecule has 0 amide bonds. The van der Waals surface area contributed by atoms with E-state index in [0.29, 0.717) is 5.56 Å². The van der Waals surface area contributed by atoms with Gasteiger partial charge in [0.25, 0.3) is 0 Å². The highest BCUT2D eigenvalue weighted by atomic mass is 19.1. The molecule has 2 aromatic carbocycles. The molecule has 1 N–H and O–H groups in total. The van der Waals surface area contributed by atoms with Crippen LogP contribution >= 0.6 is 0 Å². The minimum absolute atomic E-state index is 0.0479. The topological polar surface area (TPSA) is 21.3 Å². The van der Waals surface area contributed by atoms with Gasteiger partial charge in [-0.05, 0) is 37.6 Å². The summed E-state index contributed by atoms with van der Waals surface area (Å²) in [6.07, 6.45) is 0. The normalized spacial score (nSPS) is 13.8. The number of hydrogen-bond acceptors (Lipinski definition) is 2. The Morgan fingerprint density at radius 2 is 1.60 bits per heavy atom. The van der Waals surface area contributed by atoms with Crippen molar-refractivity contribution in [2.75, 3.05) is 7.11 Å². The number of benzene rings is 2. The maximum Gasteiger partial charge on any atom is 0.127 e. The van der Waals surface area contributed by atoms with Gasteiger partial charge in [0.05, 0.1) is 7.11 Å². The number of halogens is 1. The van der Waals surface area contributed by atoms with Gasteiger partial charge in [0.1, 0.15) is 11.6 Å². The Bertz CT molecular complexity index is 553. The third-order valence-electron chi connectivity index (χ3n) is 3.49. The summed E-state index contributed by atoms with van der Waals surface area (Å²) in [5, 5.41) is 3.41. The van der Waals surface area contributed by atoms with Crippen LogP contribution < -0.4 is 10.1 Å². The number of hydrogen-bond donors (Lipinski definition) is 1. The largest absolute Gasteiger partial charge is 0.497 e. The average molecular weight is 273 g/mol. The lowest BCUT2D eigenvalue weighted by molar-refractivity contribution is 0.414. The van der Waals surface area contributed by atoms with Crippen LogP contribution in [-0.4, -0.2) is 7.11 Å². The lowest BCUT2D eigenvalue weighted by Crippen LogP contribution is -2.23. The van der Waals surface area contributed by atoms with Crippen molar-refractivity contribution in [3.8, 4) is 5.75 Å². The molecule has 0 saturated carbocycles. The smallest absolute Gasteiger partial charge is 0.127 e. The van der Waals surface area contributed by atoms with Gasteiger partial charge in [-0.25, -0.2) is 4.39 Å². The predicted molar refractivity (Wildman–Crippen MR) is 79.4 cm³/mol. The number of methoxy groups -OCH3 is 1.